The summed E-state index contributed by atoms with van der Waals surface area (Å²) >= 11 is 0. The van der Waals surface area contributed by atoms with Crippen molar-refractivity contribution in [2.45, 2.75) is 13.0 Å². The van der Waals surface area contributed by atoms with Gasteiger partial charge in [0.1, 0.15) is 5.52 Å². The van der Waals surface area contributed by atoms with E-state index in [0.29, 0.717) is 17.0 Å². The fourth-order valence-electron chi connectivity index (χ4n) is 2.39. The number of para-hydroxylation sites is 2. The zero-order chi connectivity index (χ0) is 18.4. The molecule has 0 saturated heterocycles. The van der Waals surface area contributed by atoms with Crippen molar-refractivity contribution < 1.29 is 18.7 Å². The van der Waals surface area contributed by atoms with Gasteiger partial charge in [0.2, 0.25) is 5.89 Å². The normalized spacial score (nSPS) is 12.2. The van der Waals surface area contributed by atoms with Crippen molar-refractivity contribution >= 4 is 29.1 Å². The molecule has 26 heavy (non-hydrogen) atoms. The maximum absolute atomic E-state index is 11.9. The number of hydrogen-bond acceptors (Lipinski definition) is 5. The van der Waals surface area contributed by atoms with E-state index in [0.717, 1.165) is 5.56 Å². The lowest BCUT2D eigenvalue weighted by Gasteiger charge is -2.13. The zero-order valence-electron chi connectivity index (χ0n) is 14.2. The SMILES string of the molecule is C[C@H](NC(=O)COC(=O)/C=C/c1nc2ccccc2o1)c1ccccc1. The standard InChI is InChI=1S/C20H18N2O4/c1-14(15-7-3-2-4-8-15)21-18(23)13-25-20(24)12-11-19-22-16-9-5-6-10-17(16)26-19/h2-12,14H,13H2,1H3,(H,21,23)/b12-11+/t14-/m0/s1. The fourth-order valence-corrected chi connectivity index (χ4v) is 2.39. The van der Waals surface area contributed by atoms with E-state index >= 15 is 0 Å². The monoisotopic (exact) mass is 350 g/mol. The number of oxazole rings is 1. The summed E-state index contributed by atoms with van der Waals surface area (Å²) in [5, 5.41) is 2.77. The van der Waals surface area contributed by atoms with Crippen LogP contribution in [-0.4, -0.2) is 23.5 Å². The fraction of sp³-hybridized carbons (Fsp3) is 0.150. The smallest absolute Gasteiger partial charge is 0.331 e. The minimum Gasteiger partial charge on any atom is -0.452 e. The highest BCUT2D eigenvalue weighted by Crippen LogP contribution is 2.15. The van der Waals surface area contributed by atoms with E-state index in [1.807, 2.05) is 55.5 Å². The second-order valence-electron chi connectivity index (χ2n) is 5.66. The van der Waals surface area contributed by atoms with Crippen LogP contribution in [0.3, 0.4) is 0 Å². The third-order valence-corrected chi connectivity index (χ3v) is 3.70. The number of ether oxygens (including phenoxy) is 1. The van der Waals surface area contributed by atoms with Gasteiger partial charge < -0.3 is 14.5 Å². The van der Waals surface area contributed by atoms with Crippen LogP contribution in [0.2, 0.25) is 0 Å². The summed E-state index contributed by atoms with van der Waals surface area (Å²) < 4.78 is 10.4. The van der Waals surface area contributed by atoms with E-state index < -0.39 is 5.97 Å². The Labute approximate surface area is 150 Å². The zero-order valence-corrected chi connectivity index (χ0v) is 14.2. The molecular formula is C20H18N2O4. The Balaban J connectivity index is 1.48. The summed E-state index contributed by atoms with van der Waals surface area (Å²) in [5.41, 5.74) is 2.31. The Morgan fingerprint density at radius 3 is 2.65 bits per heavy atom. The molecule has 0 aliphatic carbocycles. The minimum absolute atomic E-state index is 0.169. The molecule has 1 N–H and O–H groups in total. The minimum atomic E-state index is -0.644. The predicted molar refractivity (Wildman–Crippen MR) is 97.0 cm³/mol. The number of carbonyl (C=O) groups excluding carboxylic acids is 2. The molecule has 0 spiro atoms. The summed E-state index contributed by atoms with van der Waals surface area (Å²) in [4.78, 5) is 27.8. The largest absolute Gasteiger partial charge is 0.452 e. The highest BCUT2D eigenvalue weighted by molar-refractivity contribution is 5.89. The maximum Gasteiger partial charge on any atom is 0.331 e. The van der Waals surface area contributed by atoms with Crippen LogP contribution < -0.4 is 5.32 Å². The van der Waals surface area contributed by atoms with E-state index in [1.165, 1.54) is 12.2 Å². The van der Waals surface area contributed by atoms with E-state index in [2.05, 4.69) is 10.3 Å². The topological polar surface area (TPSA) is 81.4 Å². The molecule has 1 aromatic heterocycles. The van der Waals surface area contributed by atoms with Crippen molar-refractivity contribution in [3.63, 3.8) is 0 Å². The Kier molecular flexibility index (Phi) is 5.43. The van der Waals surface area contributed by atoms with Crippen molar-refractivity contribution in [2.24, 2.45) is 0 Å². The molecule has 1 atom stereocenters. The van der Waals surface area contributed by atoms with Crippen LogP contribution in [-0.2, 0) is 14.3 Å². The quantitative estimate of drug-likeness (QED) is 0.545. The molecule has 3 rings (SSSR count). The van der Waals surface area contributed by atoms with Crippen LogP contribution in [0.4, 0.5) is 0 Å². The molecule has 0 bridgehead atoms. The molecule has 0 saturated carbocycles. The maximum atomic E-state index is 11.9. The molecule has 132 valence electrons. The first-order valence-electron chi connectivity index (χ1n) is 8.16. The van der Waals surface area contributed by atoms with Crippen LogP contribution in [0.1, 0.15) is 24.4 Å². The highest BCUT2D eigenvalue weighted by atomic mass is 16.5. The molecule has 3 aromatic rings. The summed E-state index contributed by atoms with van der Waals surface area (Å²) in [5.74, 6) is -0.718. The van der Waals surface area contributed by atoms with Crippen LogP contribution in [0.15, 0.2) is 65.1 Å². The summed E-state index contributed by atoms with van der Waals surface area (Å²) in [7, 11) is 0. The number of rotatable bonds is 6. The van der Waals surface area contributed by atoms with Crippen molar-refractivity contribution in [3.8, 4) is 0 Å². The number of fused-ring (bicyclic) bond motifs is 1. The summed E-state index contributed by atoms with van der Waals surface area (Å²) in [6.45, 7) is 1.51. The Hall–Kier alpha value is -3.41. The highest BCUT2D eigenvalue weighted by Gasteiger charge is 2.11. The van der Waals surface area contributed by atoms with Crippen LogP contribution >= 0.6 is 0 Å². The number of esters is 1. The molecule has 0 radical (unpaired) electrons. The van der Waals surface area contributed by atoms with Gasteiger partial charge in [-0.1, -0.05) is 42.5 Å². The van der Waals surface area contributed by atoms with Gasteiger partial charge in [0.25, 0.3) is 5.91 Å². The number of nitrogens with zero attached hydrogens (tertiary/aromatic N) is 1. The number of nitrogens with one attached hydrogen (secondary N) is 1. The molecule has 1 heterocycles. The number of carbonyl (C=O) groups is 2. The van der Waals surface area contributed by atoms with E-state index in [-0.39, 0.29) is 18.6 Å². The molecule has 0 unspecified atom stereocenters. The molecular weight excluding hydrogens is 332 g/mol. The average molecular weight is 350 g/mol. The number of benzene rings is 2. The molecule has 6 heteroatoms. The number of aromatic nitrogens is 1. The molecule has 1 amide bonds. The Bertz CT molecular complexity index is 898. The molecule has 0 aliphatic rings. The second-order valence-corrected chi connectivity index (χ2v) is 5.66. The predicted octanol–water partition coefficient (Wildman–Crippen LogP) is 3.26. The van der Waals surface area contributed by atoms with Crippen molar-refractivity contribution in [2.75, 3.05) is 6.61 Å². The van der Waals surface area contributed by atoms with E-state index in [4.69, 9.17) is 9.15 Å². The lowest BCUT2D eigenvalue weighted by Crippen LogP contribution is -2.30. The molecule has 0 aliphatic heterocycles. The average Bonchev–Trinajstić information content (AvgIpc) is 3.08. The number of hydrogen-bond donors (Lipinski definition) is 1. The van der Waals surface area contributed by atoms with Crippen LogP contribution in [0.25, 0.3) is 17.2 Å². The third kappa shape index (κ3) is 4.57. The van der Waals surface area contributed by atoms with Gasteiger partial charge in [0, 0.05) is 12.2 Å². The van der Waals surface area contributed by atoms with Gasteiger partial charge in [0.15, 0.2) is 12.2 Å². The van der Waals surface area contributed by atoms with E-state index in [1.54, 1.807) is 6.07 Å². The lowest BCUT2D eigenvalue weighted by atomic mass is 10.1. The summed E-state index contributed by atoms with van der Waals surface area (Å²) in [6, 6.07) is 16.7. The lowest BCUT2D eigenvalue weighted by molar-refractivity contribution is -0.144. The van der Waals surface area contributed by atoms with Gasteiger partial charge in [0.05, 0.1) is 6.04 Å². The van der Waals surface area contributed by atoms with Crippen molar-refractivity contribution in [3.05, 3.63) is 72.1 Å². The Morgan fingerprint density at radius 1 is 1.15 bits per heavy atom. The first kappa shape index (κ1) is 17.4. The third-order valence-electron chi connectivity index (χ3n) is 3.70. The van der Waals surface area contributed by atoms with E-state index in [9.17, 15) is 9.59 Å². The number of amides is 1. The van der Waals surface area contributed by atoms with Crippen LogP contribution in [0, 0.1) is 0 Å². The van der Waals surface area contributed by atoms with Gasteiger partial charge in [-0.15, -0.1) is 0 Å². The van der Waals surface area contributed by atoms with Gasteiger partial charge in [-0.3, -0.25) is 4.79 Å². The Morgan fingerprint density at radius 2 is 1.88 bits per heavy atom. The van der Waals surface area contributed by atoms with Crippen LogP contribution in [0.5, 0.6) is 0 Å². The molecule has 2 aromatic carbocycles. The van der Waals surface area contributed by atoms with Gasteiger partial charge in [-0.05, 0) is 24.6 Å². The van der Waals surface area contributed by atoms with Crippen molar-refractivity contribution in [1.82, 2.24) is 10.3 Å². The van der Waals surface area contributed by atoms with Gasteiger partial charge >= 0.3 is 5.97 Å². The first-order chi connectivity index (χ1) is 12.6. The van der Waals surface area contributed by atoms with Gasteiger partial charge in [-0.2, -0.15) is 0 Å². The molecule has 6 nitrogen and oxygen atoms in total. The van der Waals surface area contributed by atoms with Crippen molar-refractivity contribution in [1.29, 1.82) is 0 Å². The van der Waals surface area contributed by atoms with Gasteiger partial charge in [-0.25, -0.2) is 9.78 Å². The molecule has 0 fully saturated rings. The summed E-state index contributed by atoms with van der Waals surface area (Å²) in [6.07, 6.45) is 2.59. The first-order valence-corrected chi connectivity index (χ1v) is 8.16. The second kappa shape index (κ2) is 8.11.